The van der Waals surface area contributed by atoms with E-state index in [-0.39, 0.29) is 18.6 Å². The molecular formula is C20H20BrF3N6O2. The minimum absolute atomic E-state index is 0.0230. The highest BCUT2D eigenvalue weighted by Gasteiger charge is 2.30. The molecule has 0 aliphatic heterocycles. The second-order valence-corrected chi connectivity index (χ2v) is 7.66. The lowest BCUT2D eigenvalue weighted by Gasteiger charge is -2.14. The summed E-state index contributed by atoms with van der Waals surface area (Å²) >= 11 is 3.39. The lowest BCUT2D eigenvalue weighted by atomic mass is 10.1. The number of nitrogens with zero attached hydrogens (tertiary/aromatic N) is 3. The zero-order valence-corrected chi connectivity index (χ0v) is 18.7. The molecule has 0 fully saturated rings. The summed E-state index contributed by atoms with van der Waals surface area (Å²) in [4.78, 5) is 27.6. The predicted molar refractivity (Wildman–Crippen MR) is 116 cm³/mol. The van der Waals surface area contributed by atoms with Crippen molar-refractivity contribution in [2.45, 2.75) is 19.1 Å². The van der Waals surface area contributed by atoms with E-state index in [0.717, 1.165) is 12.1 Å². The van der Waals surface area contributed by atoms with Crippen LogP contribution in [0.2, 0.25) is 0 Å². The van der Waals surface area contributed by atoms with E-state index in [1.807, 2.05) is 6.92 Å². The zero-order chi connectivity index (χ0) is 23.3. The molecule has 32 heavy (non-hydrogen) atoms. The van der Waals surface area contributed by atoms with Crippen molar-refractivity contribution in [3.63, 3.8) is 0 Å². The van der Waals surface area contributed by atoms with Gasteiger partial charge in [0.05, 0.1) is 11.3 Å². The quantitative estimate of drug-likeness (QED) is 0.423. The van der Waals surface area contributed by atoms with Crippen LogP contribution >= 0.6 is 15.9 Å². The minimum Gasteiger partial charge on any atom is -0.375 e. The summed E-state index contributed by atoms with van der Waals surface area (Å²) in [5.74, 6) is 0.497. The maximum atomic E-state index is 12.8. The van der Waals surface area contributed by atoms with E-state index in [2.05, 4.69) is 46.5 Å². The number of amides is 1. The number of nitrogens with one attached hydrogen (secondary N) is 3. The van der Waals surface area contributed by atoms with Gasteiger partial charge in [-0.1, -0.05) is 12.1 Å². The summed E-state index contributed by atoms with van der Waals surface area (Å²) in [5.41, 5.74) is 0.746. The second-order valence-electron chi connectivity index (χ2n) is 6.87. The van der Waals surface area contributed by atoms with Gasteiger partial charge in [0, 0.05) is 31.5 Å². The highest BCUT2D eigenvalue weighted by molar-refractivity contribution is 9.10. The van der Waals surface area contributed by atoms with Crippen molar-refractivity contribution >= 4 is 27.8 Å². The van der Waals surface area contributed by atoms with E-state index in [1.165, 1.54) is 19.2 Å². The summed E-state index contributed by atoms with van der Waals surface area (Å²) in [6.45, 7) is 2.19. The molecule has 8 nitrogen and oxygen atoms in total. The summed E-state index contributed by atoms with van der Waals surface area (Å²) in [7, 11) is 1.44. The van der Waals surface area contributed by atoms with Crippen molar-refractivity contribution in [3.8, 4) is 22.8 Å². The number of hydrogen-bond donors (Lipinski definition) is 3. The highest BCUT2D eigenvalue weighted by Crippen LogP contribution is 2.32. The van der Waals surface area contributed by atoms with Crippen LogP contribution < -0.4 is 10.6 Å². The third-order valence-electron chi connectivity index (χ3n) is 4.29. The maximum absolute atomic E-state index is 12.8. The van der Waals surface area contributed by atoms with E-state index in [4.69, 9.17) is 4.74 Å². The van der Waals surface area contributed by atoms with Crippen LogP contribution in [0.3, 0.4) is 0 Å². The van der Waals surface area contributed by atoms with Crippen molar-refractivity contribution in [3.05, 3.63) is 46.7 Å². The van der Waals surface area contributed by atoms with Crippen molar-refractivity contribution < 1.29 is 22.7 Å². The number of aromatic nitrogens is 4. The van der Waals surface area contributed by atoms with Gasteiger partial charge >= 0.3 is 6.18 Å². The van der Waals surface area contributed by atoms with Crippen LogP contribution in [0.5, 0.6) is 0 Å². The fourth-order valence-corrected chi connectivity index (χ4v) is 3.27. The monoisotopic (exact) mass is 512 g/mol. The third kappa shape index (κ3) is 6.04. The number of alkyl halides is 3. The Bertz CT molecular complexity index is 1070. The van der Waals surface area contributed by atoms with Crippen molar-refractivity contribution in [2.75, 3.05) is 25.6 Å². The van der Waals surface area contributed by atoms with Crippen molar-refractivity contribution in [2.24, 2.45) is 0 Å². The third-order valence-corrected chi connectivity index (χ3v) is 4.87. The standard InChI is InChI=1S/C20H20BrF3N6O2/c1-11(27-15(31)10-32-2)9-26-19-25-8-7-14(28-19)16-17(21)30-18(29-16)12-3-5-13(6-4-12)20(22,23)24/h3-8,11H,9-10H2,1-2H3,(H,27,31)(H,29,30)(H,25,26,28)/t11-/m0/s1. The van der Waals surface area contributed by atoms with Crippen LogP contribution in [0.1, 0.15) is 12.5 Å². The first kappa shape index (κ1) is 23.7. The van der Waals surface area contributed by atoms with E-state index in [9.17, 15) is 18.0 Å². The number of methoxy groups -OCH3 is 1. The molecule has 3 aromatic rings. The summed E-state index contributed by atoms with van der Waals surface area (Å²) in [6.07, 6.45) is -2.85. The molecule has 0 spiro atoms. The number of anilines is 1. The molecule has 1 atom stereocenters. The largest absolute Gasteiger partial charge is 0.416 e. The molecule has 1 amide bonds. The molecule has 0 aliphatic rings. The molecule has 0 aliphatic carbocycles. The van der Waals surface area contributed by atoms with Crippen LogP contribution in [0, 0.1) is 0 Å². The number of hydrogen-bond acceptors (Lipinski definition) is 6. The normalized spacial score (nSPS) is 12.4. The van der Waals surface area contributed by atoms with Gasteiger partial charge in [0.2, 0.25) is 11.9 Å². The molecule has 2 aromatic heterocycles. The smallest absolute Gasteiger partial charge is 0.375 e. The second kappa shape index (κ2) is 10.1. The predicted octanol–water partition coefficient (Wildman–Crippen LogP) is 3.88. The van der Waals surface area contributed by atoms with Crippen molar-refractivity contribution in [1.29, 1.82) is 0 Å². The summed E-state index contributed by atoms with van der Waals surface area (Å²) in [6, 6.07) is 6.18. The van der Waals surface area contributed by atoms with Crippen LogP contribution in [-0.4, -0.2) is 52.1 Å². The molecule has 3 N–H and O–H groups in total. The Kier molecular flexibility index (Phi) is 7.46. The summed E-state index contributed by atoms with van der Waals surface area (Å²) in [5, 5.41) is 5.81. The fraction of sp³-hybridized carbons (Fsp3) is 0.300. The zero-order valence-electron chi connectivity index (χ0n) is 17.1. The van der Waals surface area contributed by atoms with Gasteiger partial charge in [-0.2, -0.15) is 13.2 Å². The fourth-order valence-electron chi connectivity index (χ4n) is 2.79. The number of benzene rings is 1. The average molecular weight is 513 g/mol. The Labute approximate surface area is 190 Å². The van der Waals surface area contributed by atoms with Gasteiger partial charge in [0.25, 0.3) is 0 Å². The first-order chi connectivity index (χ1) is 15.2. The Hall–Kier alpha value is -2.99. The average Bonchev–Trinajstić information content (AvgIpc) is 3.14. The maximum Gasteiger partial charge on any atom is 0.416 e. The van der Waals surface area contributed by atoms with Gasteiger partial charge in [-0.05, 0) is 41.1 Å². The highest BCUT2D eigenvalue weighted by atomic mass is 79.9. The van der Waals surface area contributed by atoms with E-state index >= 15 is 0 Å². The van der Waals surface area contributed by atoms with Gasteiger partial charge in [0.1, 0.15) is 22.7 Å². The van der Waals surface area contributed by atoms with Gasteiger partial charge in [-0.25, -0.2) is 15.0 Å². The molecule has 0 bridgehead atoms. The molecule has 0 radical (unpaired) electrons. The van der Waals surface area contributed by atoms with Crippen molar-refractivity contribution in [1.82, 2.24) is 25.3 Å². The number of ether oxygens (including phenoxy) is 1. The first-order valence-electron chi connectivity index (χ1n) is 9.46. The Morgan fingerprint density at radius 3 is 2.59 bits per heavy atom. The molecule has 0 unspecified atom stereocenters. The van der Waals surface area contributed by atoms with E-state index < -0.39 is 11.7 Å². The number of rotatable bonds is 8. The topological polar surface area (TPSA) is 105 Å². The molecule has 1 aromatic carbocycles. The first-order valence-corrected chi connectivity index (χ1v) is 10.3. The van der Waals surface area contributed by atoms with Crippen LogP contribution in [-0.2, 0) is 15.7 Å². The molecular weight excluding hydrogens is 493 g/mol. The molecule has 12 heteroatoms. The number of carbonyl (C=O) groups excluding carboxylic acids is 1. The van der Waals surface area contributed by atoms with Crippen LogP contribution in [0.4, 0.5) is 19.1 Å². The van der Waals surface area contributed by atoms with Crippen LogP contribution in [0.25, 0.3) is 22.8 Å². The minimum atomic E-state index is -4.40. The van der Waals surface area contributed by atoms with Gasteiger partial charge in [0.15, 0.2) is 0 Å². The van der Waals surface area contributed by atoms with Gasteiger partial charge in [-0.15, -0.1) is 0 Å². The van der Waals surface area contributed by atoms with Crippen LogP contribution in [0.15, 0.2) is 41.1 Å². The van der Waals surface area contributed by atoms with Gasteiger partial charge in [-0.3, -0.25) is 4.79 Å². The van der Waals surface area contributed by atoms with Gasteiger partial charge < -0.3 is 20.4 Å². The molecule has 2 heterocycles. The molecule has 0 saturated carbocycles. The Balaban J connectivity index is 1.72. The Morgan fingerprint density at radius 2 is 1.94 bits per heavy atom. The molecule has 0 saturated heterocycles. The number of H-pyrrole nitrogens is 1. The molecule has 3 rings (SSSR count). The summed E-state index contributed by atoms with van der Waals surface area (Å²) < 4.78 is 43.6. The lowest BCUT2D eigenvalue weighted by molar-refractivity contribution is -0.137. The number of aromatic amines is 1. The number of carbonyl (C=O) groups is 1. The molecule has 170 valence electrons. The van der Waals surface area contributed by atoms with E-state index in [0.29, 0.717) is 39.9 Å². The van der Waals surface area contributed by atoms with E-state index in [1.54, 1.807) is 12.3 Å². The Morgan fingerprint density at radius 1 is 1.22 bits per heavy atom. The number of halogens is 4. The number of imidazole rings is 1. The SMILES string of the molecule is COCC(=O)N[C@@H](C)CNc1nccc(-c2nc(-c3ccc(C(F)(F)F)cc3)[nH]c2Br)n1. The lowest BCUT2D eigenvalue weighted by Crippen LogP contribution is -2.39.